The molecule has 0 aromatic carbocycles. The van der Waals surface area contributed by atoms with Crippen LogP contribution in [0.4, 0.5) is 13.2 Å². The fourth-order valence-electron chi connectivity index (χ4n) is 0. The van der Waals surface area contributed by atoms with Gasteiger partial charge >= 0.3 is 6.18 Å². The summed E-state index contributed by atoms with van der Waals surface area (Å²) < 4.78 is 33.0. The molecule has 0 rings (SSSR count). The predicted molar refractivity (Wildman–Crippen MR) is 21.1 cm³/mol. The van der Waals surface area contributed by atoms with E-state index in [1.54, 1.807) is 0 Å². The molecule has 0 N–H and O–H groups in total. The van der Waals surface area contributed by atoms with E-state index in [9.17, 15) is 13.2 Å². The Morgan fingerprint density at radius 2 is 1.57 bits per heavy atom. The summed E-state index contributed by atoms with van der Waals surface area (Å²) in [5.74, 6) is 0. The maximum absolute atomic E-state index is 11.0. The van der Waals surface area contributed by atoms with E-state index in [0.29, 0.717) is 0 Å². The Morgan fingerprint density at radius 3 is 1.57 bits per heavy atom. The third-order valence-corrected chi connectivity index (χ3v) is 0.603. The quantitative estimate of drug-likeness (QED) is 0.441. The molecule has 1 unspecified atom stereocenters. The van der Waals surface area contributed by atoms with Crippen molar-refractivity contribution < 1.29 is 13.2 Å². The lowest BCUT2D eigenvalue weighted by Gasteiger charge is -2.05. The van der Waals surface area contributed by atoms with E-state index < -0.39 is 11.6 Å². The van der Waals surface area contributed by atoms with Crippen LogP contribution in [-0.4, -0.2) is 11.6 Å². The maximum atomic E-state index is 11.0. The minimum atomic E-state index is -4.35. The topological polar surface area (TPSA) is 0 Å². The van der Waals surface area contributed by atoms with Crippen molar-refractivity contribution in [3.63, 3.8) is 0 Å². The van der Waals surface area contributed by atoms with Crippen LogP contribution < -0.4 is 0 Å². The Kier molecular flexibility index (Phi) is 1.92. The van der Waals surface area contributed by atoms with Crippen molar-refractivity contribution in [2.75, 3.05) is 0 Å². The molecule has 0 amide bonds. The van der Waals surface area contributed by atoms with Crippen LogP contribution in [0.1, 0.15) is 0 Å². The Balaban J connectivity index is 3.54. The van der Waals surface area contributed by atoms with E-state index in [4.69, 9.17) is 0 Å². The van der Waals surface area contributed by atoms with Crippen LogP contribution in [0.3, 0.4) is 0 Å². The zero-order chi connectivity index (χ0) is 6.08. The lowest BCUT2D eigenvalue weighted by Crippen LogP contribution is -2.19. The molecule has 0 heterocycles. The summed E-state index contributed by atoms with van der Waals surface area (Å²) in [5.41, 5.74) is 0. The highest BCUT2D eigenvalue weighted by Gasteiger charge is 2.34. The first-order valence-corrected chi connectivity index (χ1v) is 1.92. The highest BCUT2D eigenvalue weighted by molar-refractivity contribution is 6.21. The molecule has 0 saturated carbocycles. The Morgan fingerprint density at radius 1 is 1.43 bits per heavy atom. The number of hydrogen-bond acceptors (Lipinski definition) is 0. The van der Waals surface area contributed by atoms with Crippen molar-refractivity contribution in [3.05, 3.63) is 6.92 Å². The van der Waals surface area contributed by atoms with Crippen LogP contribution >= 0.6 is 11.6 Å². The van der Waals surface area contributed by atoms with E-state index in [1.165, 1.54) is 0 Å². The van der Waals surface area contributed by atoms with Crippen LogP contribution in [0, 0.1) is 6.92 Å². The first kappa shape index (κ1) is 7.08. The number of alkyl halides is 4. The fraction of sp³-hybridized carbons (Fsp3) is 0.667. The maximum Gasteiger partial charge on any atom is 0.404 e. The normalized spacial score (nSPS) is 16.7. The standard InChI is InChI=1S/C3H3ClF3/c1-2(4)3(5,6)7/h2H,1H2. The second kappa shape index (κ2) is 1.90. The summed E-state index contributed by atoms with van der Waals surface area (Å²) in [5, 5.41) is -1.98. The summed E-state index contributed by atoms with van der Waals surface area (Å²) in [6.45, 7) is 2.55. The highest BCUT2D eigenvalue weighted by Crippen LogP contribution is 2.23. The van der Waals surface area contributed by atoms with Gasteiger partial charge in [-0.05, 0) is 6.92 Å². The molecule has 0 aliphatic carbocycles. The predicted octanol–water partition coefficient (Wildman–Crippen LogP) is 1.99. The van der Waals surface area contributed by atoms with Crippen LogP contribution in [0.15, 0.2) is 0 Å². The smallest absolute Gasteiger partial charge is 0.169 e. The molecule has 0 aliphatic heterocycles. The van der Waals surface area contributed by atoms with Crippen LogP contribution in [-0.2, 0) is 0 Å². The van der Waals surface area contributed by atoms with E-state index in [0.717, 1.165) is 0 Å². The molecule has 0 saturated heterocycles. The number of halogens is 4. The fourth-order valence-corrected chi connectivity index (χ4v) is 0. The van der Waals surface area contributed by atoms with Gasteiger partial charge in [0.2, 0.25) is 0 Å². The van der Waals surface area contributed by atoms with Crippen molar-refractivity contribution in [2.24, 2.45) is 0 Å². The van der Waals surface area contributed by atoms with Crippen molar-refractivity contribution in [2.45, 2.75) is 11.6 Å². The van der Waals surface area contributed by atoms with Gasteiger partial charge in [0.1, 0.15) is 5.38 Å². The second-order valence-corrected chi connectivity index (χ2v) is 1.54. The lowest BCUT2D eigenvalue weighted by atomic mass is 10.5. The molecular formula is C3H3ClF3. The van der Waals surface area contributed by atoms with Gasteiger partial charge < -0.3 is 0 Å². The SMILES string of the molecule is [CH2]C(Cl)C(F)(F)F. The van der Waals surface area contributed by atoms with Crippen molar-refractivity contribution in [3.8, 4) is 0 Å². The van der Waals surface area contributed by atoms with Gasteiger partial charge in [-0.15, -0.1) is 11.6 Å². The molecule has 0 aromatic heterocycles. The third-order valence-electron chi connectivity index (χ3n) is 0.355. The Bertz CT molecular complexity index is 55.7. The minimum Gasteiger partial charge on any atom is -0.169 e. The summed E-state index contributed by atoms with van der Waals surface area (Å²) in [6, 6.07) is 0. The molecule has 1 radical (unpaired) electrons. The molecule has 0 aromatic rings. The summed E-state index contributed by atoms with van der Waals surface area (Å²) >= 11 is 4.52. The number of hydrogen-bond donors (Lipinski definition) is 0. The first-order valence-electron chi connectivity index (χ1n) is 1.48. The Labute approximate surface area is 44.3 Å². The first-order chi connectivity index (χ1) is 2.94. The molecule has 1 atom stereocenters. The molecule has 0 nitrogen and oxygen atoms in total. The van der Waals surface area contributed by atoms with E-state index in [2.05, 4.69) is 18.5 Å². The summed E-state index contributed by atoms with van der Waals surface area (Å²) in [4.78, 5) is 0. The van der Waals surface area contributed by atoms with E-state index in [-0.39, 0.29) is 0 Å². The van der Waals surface area contributed by atoms with Gasteiger partial charge in [0.05, 0.1) is 0 Å². The van der Waals surface area contributed by atoms with Gasteiger partial charge in [-0.3, -0.25) is 0 Å². The van der Waals surface area contributed by atoms with Gasteiger partial charge in [-0.1, -0.05) is 0 Å². The second-order valence-electron chi connectivity index (χ2n) is 1.01. The van der Waals surface area contributed by atoms with Gasteiger partial charge in [-0.2, -0.15) is 13.2 Å². The summed E-state index contributed by atoms with van der Waals surface area (Å²) in [7, 11) is 0. The zero-order valence-electron chi connectivity index (χ0n) is 3.30. The third kappa shape index (κ3) is 2.74. The molecule has 0 fully saturated rings. The minimum absolute atomic E-state index is 1.98. The van der Waals surface area contributed by atoms with Gasteiger partial charge in [0.25, 0.3) is 0 Å². The van der Waals surface area contributed by atoms with Crippen LogP contribution in [0.5, 0.6) is 0 Å². The molecule has 0 bridgehead atoms. The average Bonchev–Trinajstić information content (AvgIpc) is 1.31. The van der Waals surface area contributed by atoms with Crippen molar-refractivity contribution >= 4 is 11.6 Å². The molecule has 0 aliphatic rings. The summed E-state index contributed by atoms with van der Waals surface area (Å²) in [6.07, 6.45) is -4.35. The monoisotopic (exact) mass is 131 g/mol. The highest BCUT2D eigenvalue weighted by atomic mass is 35.5. The van der Waals surface area contributed by atoms with Crippen molar-refractivity contribution in [1.82, 2.24) is 0 Å². The van der Waals surface area contributed by atoms with Gasteiger partial charge in [0, 0.05) is 0 Å². The molecule has 43 valence electrons. The molecule has 7 heavy (non-hydrogen) atoms. The van der Waals surface area contributed by atoms with Crippen LogP contribution in [0.2, 0.25) is 0 Å². The molecule has 4 heteroatoms. The van der Waals surface area contributed by atoms with Crippen molar-refractivity contribution in [1.29, 1.82) is 0 Å². The van der Waals surface area contributed by atoms with Gasteiger partial charge in [-0.25, -0.2) is 0 Å². The molecular weight excluding hydrogens is 128 g/mol. The largest absolute Gasteiger partial charge is 0.404 e. The van der Waals surface area contributed by atoms with Crippen LogP contribution in [0.25, 0.3) is 0 Å². The Hall–Kier alpha value is 0.0800. The van der Waals surface area contributed by atoms with E-state index >= 15 is 0 Å². The average molecular weight is 132 g/mol. The van der Waals surface area contributed by atoms with E-state index in [1.807, 2.05) is 0 Å². The zero-order valence-corrected chi connectivity index (χ0v) is 4.05. The molecule has 0 spiro atoms. The lowest BCUT2D eigenvalue weighted by molar-refractivity contribution is -0.122. The van der Waals surface area contributed by atoms with Gasteiger partial charge in [0.15, 0.2) is 0 Å². The number of rotatable bonds is 0.